The Balaban J connectivity index is 0.000000279. The molecule has 0 aliphatic carbocycles. The number of hydrogen-bond donors (Lipinski definition) is 0. The average molecular weight is 780 g/mol. The maximum absolute atomic E-state index is 2.39. The Labute approximate surface area is 279 Å². The first-order valence-corrected chi connectivity index (χ1v) is 16.3. The van der Waals surface area contributed by atoms with Crippen LogP contribution in [0.3, 0.4) is 0 Å². The summed E-state index contributed by atoms with van der Waals surface area (Å²) in [6, 6.07) is 48.5. The first-order valence-electron chi connectivity index (χ1n) is 13.5. The van der Waals surface area contributed by atoms with E-state index < -0.39 is 7.92 Å². The SMILES string of the molecule is CC(C)P(c1cc2ccccc2[cH-]1)C(C)C.[Cl-].[Cl-].[Hf+4].c1ccc(P(c2ccccc2)c2cc3ccccc3[cH-]2)cc1. The Kier molecular flexibility index (Phi) is 14.7. The minimum Gasteiger partial charge on any atom is -1.00 e. The van der Waals surface area contributed by atoms with Gasteiger partial charge in [-0.05, 0) is 29.8 Å². The molecule has 6 aromatic carbocycles. The van der Waals surface area contributed by atoms with Crippen LogP contribution >= 0.6 is 15.8 Å². The van der Waals surface area contributed by atoms with Gasteiger partial charge in [0.25, 0.3) is 0 Å². The van der Waals surface area contributed by atoms with Gasteiger partial charge in [0, 0.05) is 0 Å². The van der Waals surface area contributed by atoms with Crippen LogP contribution < -0.4 is 46.0 Å². The van der Waals surface area contributed by atoms with E-state index in [0.717, 1.165) is 11.3 Å². The maximum atomic E-state index is 2.39. The van der Waals surface area contributed by atoms with E-state index >= 15 is 0 Å². The molecule has 5 heteroatoms. The van der Waals surface area contributed by atoms with Crippen LogP contribution in [0.2, 0.25) is 0 Å². The smallest absolute Gasteiger partial charge is 1.00 e. The van der Waals surface area contributed by atoms with Gasteiger partial charge < -0.3 is 24.8 Å². The molecule has 0 aliphatic rings. The molecule has 6 aromatic rings. The second-order valence-electron chi connectivity index (χ2n) is 10.3. The number of halogens is 2. The van der Waals surface area contributed by atoms with Gasteiger partial charge in [0.05, 0.1) is 0 Å². The Morgan fingerprint density at radius 3 is 1.27 bits per heavy atom. The normalized spacial score (nSPS) is 10.7. The molecule has 41 heavy (non-hydrogen) atoms. The topological polar surface area (TPSA) is 0 Å². The molecule has 0 unspecified atom stereocenters. The molecule has 0 aromatic heterocycles. The van der Waals surface area contributed by atoms with Crippen LogP contribution in [0.25, 0.3) is 21.5 Å². The zero-order valence-corrected chi connectivity index (χ0v) is 30.9. The van der Waals surface area contributed by atoms with E-state index in [9.17, 15) is 0 Å². The average Bonchev–Trinajstić information content (AvgIpc) is 3.54. The van der Waals surface area contributed by atoms with E-state index in [-0.39, 0.29) is 58.6 Å². The number of benzene rings is 4. The molecule has 0 bridgehead atoms. The summed E-state index contributed by atoms with van der Waals surface area (Å²) >= 11 is 0. The van der Waals surface area contributed by atoms with Gasteiger partial charge in [-0.3, -0.25) is 0 Å². The van der Waals surface area contributed by atoms with Crippen LogP contribution in [0.5, 0.6) is 0 Å². The quantitative estimate of drug-likeness (QED) is 0.139. The Bertz CT molecular complexity index is 1480. The van der Waals surface area contributed by atoms with Crippen LogP contribution in [0, 0.1) is 0 Å². The largest absolute Gasteiger partial charge is 4.00 e. The molecule has 0 spiro atoms. The molecular weight excluding hydrogens is 744 g/mol. The van der Waals surface area contributed by atoms with Crippen molar-refractivity contribution < 1.29 is 50.7 Å². The molecule has 6 rings (SSSR count). The summed E-state index contributed by atoms with van der Waals surface area (Å²) in [6.07, 6.45) is 0. The summed E-state index contributed by atoms with van der Waals surface area (Å²) in [7, 11) is -0.513. The van der Waals surface area contributed by atoms with Gasteiger partial charge in [0.15, 0.2) is 0 Å². The van der Waals surface area contributed by atoms with Crippen molar-refractivity contribution in [3.63, 3.8) is 0 Å². The summed E-state index contributed by atoms with van der Waals surface area (Å²) < 4.78 is 0. The van der Waals surface area contributed by atoms with Gasteiger partial charge in [-0.2, -0.15) is 12.1 Å². The predicted octanol–water partition coefficient (Wildman–Crippen LogP) is 2.81. The fourth-order valence-electron chi connectivity index (χ4n) is 5.34. The van der Waals surface area contributed by atoms with E-state index in [1.165, 1.54) is 37.5 Å². The summed E-state index contributed by atoms with van der Waals surface area (Å²) in [5.74, 6) is 0. The molecule has 0 atom stereocenters. The third kappa shape index (κ3) is 8.72. The van der Waals surface area contributed by atoms with Crippen molar-refractivity contribution >= 4 is 58.6 Å². The third-order valence-electron chi connectivity index (χ3n) is 6.90. The summed E-state index contributed by atoms with van der Waals surface area (Å²) in [5.41, 5.74) is 1.54. The Hall–Kier alpha value is -1.59. The molecular formula is C36H36Cl2HfP2. The number of hydrogen-bond acceptors (Lipinski definition) is 0. The van der Waals surface area contributed by atoms with Crippen molar-refractivity contribution in [1.82, 2.24) is 0 Å². The third-order valence-corrected chi connectivity index (χ3v) is 12.4. The number of fused-ring (bicyclic) bond motifs is 2. The zero-order valence-electron chi connectivity index (χ0n) is 24.0. The second-order valence-corrected chi connectivity index (χ2v) is 15.9. The first kappa shape index (κ1) is 35.6. The van der Waals surface area contributed by atoms with Crippen LogP contribution in [-0.4, -0.2) is 11.3 Å². The minimum absolute atomic E-state index is 0. The van der Waals surface area contributed by atoms with Crippen molar-refractivity contribution in [2.75, 3.05) is 0 Å². The molecule has 0 nitrogen and oxygen atoms in total. The van der Waals surface area contributed by atoms with Crippen LogP contribution in [0.1, 0.15) is 27.7 Å². The summed E-state index contributed by atoms with van der Waals surface area (Å²) in [5, 5.41) is 11.2. The molecule has 0 heterocycles. The Morgan fingerprint density at radius 2 is 0.854 bits per heavy atom. The van der Waals surface area contributed by atoms with E-state index in [0.29, 0.717) is 0 Å². The first-order chi connectivity index (χ1) is 18.5. The van der Waals surface area contributed by atoms with Crippen LogP contribution in [0.4, 0.5) is 0 Å². The molecule has 208 valence electrons. The standard InChI is InChI=1S/C21H16P.C15H20P.2ClH.Hf/c1-3-11-19(12-4-1)22(20-13-5-2-6-14-20)21-15-17-9-7-8-10-18(17)16-21;1-11(2)16(12(3)4)15-9-13-7-5-6-8-14(13)10-15;;;/h1-16H;5-12H,1-4H3;2*1H;/q2*-1;;;+4/p-2. The van der Waals surface area contributed by atoms with Gasteiger partial charge in [-0.1, -0.05) is 108 Å². The van der Waals surface area contributed by atoms with Gasteiger partial charge >= 0.3 is 25.8 Å². The van der Waals surface area contributed by atoms with E-state index in [1.54, 1.807) is 5.30 Å². The van der Waals surface area contributed by atoms with Gasteiger partial charge in [0.2, 0.25) is 0 Å². The van der Waals surface area contributed by atoms with Crippen molar-refractivity contribution in [2.24, 2.45) is 0 Å². The fourth-order valence-corrected chi connectivity index (χ4v) is 10.7. The summed E-state index contributed by atoms with van der Waals surface area (Å²) in [6.45, 7) is 9.40. The number of rotatable bonds is 6. The van der Waals surface area contributed by atoms with Crippen molar-refractivity contribution in [2.45, 2.75) is 39.0 Å². The van der Waals surface area contributed by atoms with E-state index in [4.69, 9.17) is 0 Å². The predicted molar refractivity (Wildman–Crippen MR) is 175 cm³/mol. The molecule has 0 aliphatic heterocycles. The van der Waals surface area contributed by atoms with E-state index in [1.807, 2.05) is 0 Å². The molecule has 0 amide bonds. The Morgan fingerprint density at radius 1 is 0.488 bits per heavy atom. The minimum atomic E-state index is -0.493. The summed E-state index contributed by atoms with van der Waals surface area (Å²) in [4.78, 5) is 0. The second kappa shape index (κ2) is 16.9. The van der Waals surface area contributed by atoms with Gasteiger partial charge in [-0.25, -0.2) is 0 Å². The zero-order chi connectivity index (χ0) is 26.5. The van der Waals surface area contributed by atoms with E-state index in [2.05, 4.69) is 161 Å². The van der Waals surface area contributed by atoms with Gasteiger partial charge in [0.1, 0.15) is 0 Å². The molecule has 0 radical (unpaired) electrons. The van der Waals surface area contributed by atoms with Crippen LogP contribution in [-0.2, 0) is 25.8 Å². The monoisotopic (exact) mass is 780 g/mol. The van der Waals surface area contributed by atoms with Gasteiger partial charge in [-0.15, -0.1) is 80.7 Å². The molecule has 0 saturated carbocycles. The van der Waals surface area contributed by atoms with Crippen LogP contribution in [0.15, 0.2) is 133 Å². The fraction of sp³-hybridized carbons (Fsp3) is 0.167. The molecule has 0 N–H and O–H groups in total. The maximum Gasteiger partial charge on any atom is 4.00 e. The van der Waals surface area contributed by atoms with Crippen molar-refractivity contribution in [3.8, 4) is 0 Å². The molecule has 0 fully saturated rings. The van der Waals surface area contributed by atoms with Crippen molar-refractivity contribution in [1.29, 1.82) is 0 Å². The van der Waals surface area contributed by atoms with Crippen molar-refractivity contribution in [3.05, 3.63) is 133 Å². The molecule has 0 saturated heterocycles.